The summed E-state index contributed by atoms with van der Waals surface area (Å²) >= 11 is 1.50. The summed E-state index contributed by atoms with van der Waals surface area (Å²) in [5.74, 6) is -0.175. The summed E-state index contributed by atoms with van der Waals surface area (Å²) in [6.45, 7) is 1.18. The standard InChI is InChI=1S/C15H16N4O2S/c1-21-8-3-6-17-14(20)12-13(11-4-2-5-16-10-11)19-7-9-22-15(19)18-12/h2,4-5,7,9-10H,3,6,8H2,1H3,(H,17,20). The van der Waals surface area contributed by atoms with Crippen molar-refractivity contribution < 1.29 is 9.53 Å². The van der Waals surface area contributed by atoms with Crippen LogP contribution in [0.2, 0.25) is 0 Å². The summed E-state index contributed by atoms with van der Waals surface area (Å²) in [7, 11) is 1.64. The number of carbonyl (C=O) groups excluding carboxylic acids is 1. The summed E-state index contributed by atoms with van der Waals surface area (Å²) in [6, 6.07) is 3.77. The van der Waals surface area contributed by atoms with E-state index in [-0.39, 0.29) is 5.91 Å². The van der Waals surface area contributed by atoms with Gasteiger partial charge in [-0.3, -0.25) is 14.2 Å². The molecule has 0 spiro atoms. The minimum Gasteiger partial charge on any atom is -0.385 e. The number of pyridine rings is 1. The normalized spacial score (nSPS) is 11.0. The SMILES string of the molecule is COCCCNC(=O)c1nc2sccn2c1-c1cccnc1. The average molecular weight is 316 g/mol. The van der Waals surface area contributed by atoms with E-state index in [4.69, 9.17) is 4.74 Å². The summed E-state index contributed by atoms with van der Waals surface area (Å²) in [5.41, 5.74) is 2.07. The van der Waals surface area contributed by atoms with Gasteiger partial charge in [0.25, 0.3) is 5.91 Å². The van der Waals surface area contributed by atoms with Crippen LogP contribution in [0.1, 0.15) is 16.9 Å². The molecule has 0 atom stereocenters. The van der Waals surface area contributed by atoms with Crippen LogP contribution < -0.4 is 5.32 Å². The number of fused-ring (bicyclic) bond motifs is 1. The topological polar surface area (TPSA) is 68.5 Å². The van der Waals surface area contributed by atoms with E-state index in [1.54, 1.807) is 19.5 Å². The van der Waals surface area contributed by atoms with Crippen LogP contribution >= 0.6 is 11.3 Å². The first-order valence-corrected chi connectivity index (χ1v) is 7.82. The van der Waals surface area contributed by atoms with Gasteiger partial charge in [0.15, 0.2) is 10.7 Å². The molecular formula is C15H16N4O2S. The molecule has 3 aromatic heterocycles. The fourth-order valence-electron chi connectivity index (χ4n) is 2.22. The van der Waals surface area contributed by atoms with Gasteiger partial charge in [-0.25, -0.2) is 4.98 Å². The maximum atomic E-state index is 12.4. The molecule has 3 aromatic rings. The van der Waals surface area contributed by atoms with E-state index in [9.17, 15) is 4.79 Å². The molecule has 0 saturated carbocycles. The van der Waals surface area contributed by atoms with E-state index in [0.717, 1.165) is 22.6 Å². The van der Waals surface area contributed by atoms with Crippen molar-refractivity contribution in [2.75, 3.05) is 20.3 Å². The third-order valence-corrected chi connectivity index (χ3v) is 3.98. The van der Waals surface area contributed by atoms with Crippen molar-refractivity contribution >= 4 is 22.2 Å². The second-order valence-corrected chi connectivity index (χ2v) is 5.58. The van der Waals surface area contributed by atoms with Crippen LogP contribution in [0.4, 0.5) is 0 Å². The van der Waals surface area contributed by atoms with Crippen LogP contribution in [0, 0.1) is 0 Å². The average Bonchev–Trinajstić information content (AvgIpc) is 3.12. The molecule has 114 valence electrons. The zero-order valence-corrected chi connectivity index (χ0v) is 13.0. The van der Waals surface area contributed by atoms with Crippen LogP contribution in [0.25, 0.3) is 16.2 Å². The Morgan fingerprint density at radius 1 is 1.50 bits per heavy atom. The van der Waals surface area contributed by atoms with Gasteiger partial charge in [-0.1, -0.05) is 0 Å². The lowest BCUT2D eigenvalue weighted by molar-refractivity contribution is 0.0945. The predicted molar refractivity (Wildman–Crippen MR) is 85.1 cm³/mol. The smallest absolute Gasteiger partial charge is 0.272 e. The summed E-state index contributed by atoms with van der Waals surface area (Å²) in [5, 5.41) is 4.83. The van der Waals surface area contributed by atoms with E-state index in [1.165, 1.54) is 11.3 Å². The first kappa shape index (κ1) is 14.7. The van der Waals surface area contributed by atoms with Crippen molar-refractivity contribution in [3.63, 3.8) is 0 Å². The number of ether oxygens (including phenoxy) is 1. The second kappa shape index (κ2) is 6.67. The first-order valence-electron chi connectivity index (χ1n) is 6.94. The molecular weight excluding hydrogens is 300 g/mol. The summed E-state index contributed by atoms with van der Waals surface area (Å²) in [4.78, 5) is 21.8. The number of thiazole rings is 1. The van der Waals surface area contributed by atoms with E-state index in [0.29, 0.717) is 18.8 Å². The van der Waals surface area contributed by atoms with Gasteiger partial charge in [-0.05, 0) is 18.6 Å². The maximum Gasteiger partial charge on any atom is 0.272 e. The molecule has 22 heavy (non-hydrogen) atoms. The molecule has 7 heteroatoms. The number of rotatable bonds is 6. The predicted octanol–water partition coefficient (Wildman–Crippen LogP) is 2.22. The molecule has 0 radical (unpaired) electrons. The van der Waals surface area contributed by atoms with Gasteiger partial charge in [0.05, 0.1) is 5.69 Å². The van der Waals surface area contributed by atoms with Gasteiger partial charge in [-0.15, -0.1) is 11.3 Å². The molecule has 0 unspecified atom stereocenters. The number of aromatic nitrogens is 3. The Hall–Kier alpha value is -2.25. The lowest BCUT2D eigenvalue weighted by Crippen LogP contribution is -2.26. The number of nitrogens with one attached hydrogen (secondary N) is 1. The van der Waals surface area contributed by atoms with Gasteiger partial charge >= 0.3 is 0 Å². The minimum atomic E-state index is -0.175. The highest BCUT2D eigenvalue weighted by Gasteiger charge is 2.20. The highest BCUT2D eigenvalue weighted by molar-refractivity contribution is 7.15. The lowest BCUT2D eigenvalue weighted by atomic mass is 10.1. The van der Waals surface area contributed by atoms with Crippen LogP contribution in [-0.4, -0.2) is 40.5 Å². The Labute approximate surface area is 131 Å². The number of methoxy groups -OCH3 is 1. The van der Waals surface area contributed by atoms with Crippen molar-refractivity contribution in [2.24, 2.45) is 0 Å². The number of hydrogen-bond donors (Lipinski definition) is 1. The fourth-order valence-corrected chi connectivity index (χ4v) is 2.94. The van der Waals surface area contributed by atoms with Crippen molar-refractivity contribution in [2.45, 2.75) is 6.42 Å². The zero-order valence-electron chi connectivity index (χ0n) is 12.2. The monoisotopic (exact) mass is 316 g/mol. The number of carbonyl (C=O) groups is 1. The molecule has 1 amide bonds. The minimum absolute atomic E-state index is 0.175. The van der Waals surface area contributed by atoms with Crippen molar-refractivity contribution in [1.29, 1.82) is 0 Å². The molecule has 0 aliphatic rings. The molecule has 0 saturated heterocycles. The fraction of sp³-hybridized carbons (Fsp3) is 0.267. The van der Waals surface area contributed by atoms with E-state index in [1.807, 2.05) is 28.1 Å². The molecule has 0 fully saturated rings. The van der Waals surface area contributed by atoms with E-state index >= 15 is 0 Å². The maximum absolute atomic E-state index is 12.4. The Balaban J connectivity index is 1.92. The van der Waals surface area contributed by atoms with E-state index in [2.05, 4.69) is 15.3 Å². The molecule has 1 N–H and O–H groups in total. The Bertz CT molecular complexity index is 766. The molecule has 6 nitrogen and oxygen atoms in total. The number of nitrogens with zero attached hydrogens (tertiary/aromatic N) is 3. The zero-order chi connectivity index (χ0) is 15.4. The number of imidazole rings is 1. The quantitative estimate of drug-likeness (QED) is 0.708. The molecule has 3 heterocycles. The van der Waals surface area contributed by atoms with Gasteiger partial charge in [-0.2, -0.15) is 0 Å². The van der Waals surface area contributed by atoms with Crippen molar-refractivity contribution in [3.05, 3.63) is 41.8 Å². The van der Waals surface area contributed by atoms with Gasteiger partial charge in [0.1, 0.15) is 0 Å². The van der Waals surface area contributed by atoms with Crippen LogP contribution in [-0.2, 0) is 4.74 Å². The van der Waals surface area contributed by atoms with Gasteiger partial charge in [0.2, 0.25) is 0 Å². The third kappa shape index (κ3) is 2.86. The van der Waals surface area contributed by atoms with Gasteiger partial charge in [0, 0.05) is 49.8 Å². The Kier molecular flexibility index (Phi) is 4.45. The molecule has 3 rings (SSSR count). The highest BCUT2D eigenvalue weighted by Crippen LogP contribution is 2.26. The summed E-state index contributed by atoms with van der Waals surface area (Å²) < 4.78 is 6.90. The van der Waals surface area contributed by atoms with Crippen LogP contribution in [0.3, 0.4) is 0 Å². The Morgan fingerprint density at radius 3 is 3.18 bits per heavy atom. The van der Waals surface area contributed by atoms with Crippen LogP contribution in [0.5, 0.6) is 0 Å². The lowest BCUT2D eigenvalue weighted by Gasteiger charge is -2.06. The molecule has 0 aromatic carbocycles. The number of hydrogen-bond acceptors (Lipinski definition) is 5. The first-order chi connectivity index (χ1) is 10.8. The van der Waals surface area contributed by atoms with E-state index < -0.39 is 0 Å². The Morgan fingerprint density at radius 2 is 2.41 bits per heavy atom. The highest BCUT2D eigenvalue weighted by atomic mass is 32.1. The summed E-state index contributed by atoms with van der Waals surface area (Å²) in [6.07, 6.45) is 6.13. The van der Waals surface area contributed by atoms with Gasteiger partial charge < -0.3 is 10.1 Å². The van der Waals surface area contributed by atoms with Crippen LogP contribution in [0.15, 0.2) is 36.1 Å². The van der Waals surface area contributed by atoms with Crippen molar-refractivity contribution in [1.82, 2.24) is 19.7 Å². The van der Waals surface area contributed by atoms with Crippen molar-refractivity contribution in [3.8, 4) is 11.3 Å². The third-order valence-electron chi connectivity index (χ3n) is 3.22. The number of amides is 1. The molecule has 0 bridgehead atoms. The second-order valence-electron chi connectivity index (χ2n) is 4.71. The molecule has 0 aliphatic heterocycles. The molecule has 0 aliphatic carbocycles. The largest absolute Gasteiger partial charge is 0.385 e.